The first kappa shape index (κ1) is 21.9. The van der Waals surface area contributed by atoms with Crippen LogP contribution >= 0.6 is 0 Å². The van der Waals surface area contributed by atoms with Crippen molar-refractivity contribution in [2.75, 3.05) is 18.4 Å². The van der Waals surface area contributed by atoms with Crippen molar-refractivity contribution in [3.63, 3.8) is 0 Å². The summed E-state index contributed by atoms with van der Waals surface area (Å²) in [5.74, 6) is -1.82. The van der Waals surface area contributed by atoms with Crippen LogP contribution in [-0.4, -0.2) is 39.8 Å². The number of nitrogens with one attached hydrogen (secondary N) is 2. The second kappa shape index (κ2) is 8.16. The molecule has 1 unspecified atom stereocenters. The van der Waals surface area contributed by atoms with Crippen LogP contribution in [0.4, 0.5) is 20.3 Å². The lowest BCUT2D eigenvalue weighted by Gasteiger charge is -2.24. The lowest BCUT2D eigenvalue weighted by Crippen LogP contribution is -2.35. The summed E-state index contributed by atoms with van der Waals surface area (Å²) < 4.78 is 28.8. The van der Waals surface area contributed by atoms with Crippen molar-refractivity contribution in [2.24, 2.45) is 0 Å². The number of carbonyl (C=O) groups excluding carboxylic acids is 2. The van der Waals surface area contributed by atoms with E-state index < -0.39 is 17.0 Å². The van der Waals surface area contributed by atoms with Gasteiger partial charge in [0.05, 0.1) is 23.2 Å². The van der Waals surface area contributed by atoms with Crippen molar-refractivity contribution in [1.82, 2.24) is 20.2 Å². The van der Waals surface area contributed by atoms with Gasteiger partial charge in [0.15, 0.2) is 5.82 Å². The lowest BCUT2D eigenvalue weighted by atomic mass is 9.81. The largest absolute Gasteiger partial charge is 0.346 e. The number of rotatable bonds is 5. The van der Waals surface area contributed by atoms with E-state index >= 15 is 0 Å². The van der Waals surface area contributed by atoms with E-state index in [-0.39, 0.29) is 41.1 Å². The normalized spacial score (nSPS) is 19.4. The molecule has 0 radical (unpaired) electrons. The van der Waals surface area contributed by atoms with Crippen molar-refractivity contribution < 1.29 is 18.4 Å². The van der Waals surface area contributed by atoms with Crippen molar-refractivity contribution >= 4 is 23.3 Å². The van der Waals surface area contributed by atoms with E-state index in [9.17, 15) is 18.4 Å². The van der Waals surface area contributed by atoms with Crippen molar-refractivity contribution in [2.45, 2.75) is 32.2 Å². The summed E-state index contributed by atoms with van der Waals surface area (Å²) in [6, 6.07) is 10.9. The second-order valence-corrected chi connectivity index (χ2v) is 8.67. The van der Waals surface area contributed by atoms with Gasteiger partial charge in [0.2, 0.25) is 5.91 Å². The first-order valence-electron chi connectivity index (χ1n) is 11.1. The number of amides is 2. The minimum Gasteiger partial charge on any atom is -0.346 e. The summed E-state index contributed by atoms with van der Waals surface area (Å²) in [5, 5.41) is 5.77. The van der Waals surface area contributed by atoms with Crippen LogP contribution in [0.3, 0.4) is 0 Å². The Hall–Kier alpha value is -3.88. The standard InChI is InChI=1S/C25H23F2N5O2/c1-3-32-12-11-25(2,24(32)34)14-7-9-15(10-8-14)29-22-20-18(13-28-23(20)33)30-21(31-22)19-16(26)5-4-6-17(19)27/h4-10H,3,11-13H2,1-2H3,(H,28,33)(H,29,30,31). The van der Waals surface area contributed by atoms with E-state index in [0.29, 0.717) is 17.9 Å². The molecule has 2 aliphatic rings. The topological polar surface area (TPSA) is 87.2 Å². The molecule has 3 aromatic rings. The molecule has 9 heteroatoms. The highest BCUT2D eigenvalue weighted by molar-refractivity contribution is 6.03. The molecule has 5 rings (SSSR count). The lowest BCUT2D eigenvalue weighted by molar-refractivity contribution is -0.131. The molecule has 0 spiro atoms. The first-order valence-corrected chi connectivity index (χ1v) is 11.1. The molecule has 1 saturated heterocycles. The summed E-state index contributed by atoms with van der Waals surface area (Å²) in [6.07, 6.45) is 0.740. The fourth-order valence-corrected chi connectivity index (χ4v) is 4.58. The van der Waals surface area contributed by atoms with Crippen LogP contribution in [0.15, 0.2) is 42.5 Å². The molecule has 34 heavy (non-hydrogen) atoms. The summed E-state index contributed by atoms with van der Waals surface area (Å²) in [6.45, 7) is 5.46. The highest BCUT2D eigenvalue weighted by Crippen LogP contribution is 2.36. The van der Waals surface area contributed by atoms with Crippen molar-refractivity contribution in [3.8, 4) is 11.4 Å². The molecule has 2 aliphatic heterocycles. The molecule has 0 bridgehead atoms. The molecule has 1 atom stereocenters. The average molecular weight is 463 g/mol. The molecule has 0 aliphatic carbocycles. The maximum Gasteiger partial charge on any atom is 0.257 e. The molecule has 174 valence electrons. The molecule has 1 fully saturated rings. The summed E-state index contributed by atoms with van der Waals surface area (Å²) in [5.41, 5.74) is 1.18. The molecule has 3 heterocycles. The molecule has 7 nitrogen and oxygen atoms in total. The number of likely N-dealkylation sites (N-methyl/N-ethyl adjacent to an activating group) is 1. The van der Waals surface area contributed by atoms with Gasteiger partial charge in [-0.15, -0.1) is 0 Å². The Morgan fingerprint density at radius 2 is 1.76 bits per heavy atom. The van der Waals surface area contributed by atoms with Crippen LogP contribution in [0.5, 0.6) is 0 Å². The van der Waals surface area contributed by atoms with E-state index in [2.05, 4.69) is 20.6 Å². The van der Waals surface area contributed by atoms with Crippen LogP contribution < -0.4 is 10.6 Å². The van der Waals surface area contributed by atoms with Crippen molar-refractivity contribution in [3.05, 3.63) is 70.9 Å². The van der Waals surface area contributed by atoms with Gasteiger partial charge >= 0.3 is 0 Å². The van der Waals surface area contributed by atoms with E-state index in [1.54, 1.807) is 12.1 Å². The van der Waals surface area contributed by atoms with Gasteiger partial charge < -0.3 is 15.5 Å². The predicted octanol–water partition coefficient (Wildman–Crippen LogP) is 3.92. The predicted molar refractivity (Wildman–Crippen MR) is 123 cm³/mol. The Balaban J connectivity index is 1.50. The van der Waals surface area contributed by atoms with Gasteiger partial charge in [-0.25, -0.2) is 18.7 Å². The number of fused-ring (bicyclic) bond motifs is 1. The Kier molecular flexibility index (Phi) is 5.27. The molecule has 2 aromatic carbocycles. The number of benzene rings is 2. The second-order valence-electron chi connectivity index (χ2n) is 8.67. The number of anilines is 2. The average Bonchev–Trinajstić information content (AvgIpc) is 3.34. The summed E-state index contributed by atoms with van der Waals surface area (Å²) in [7, 11) is 0. The molecule has 1 aromatic heterocycles. The van der Waals surface area contributed by atoms with Gasteiger partial charge in [-0.05, 0) is 50.1 Å². The number of hydrogen-bond donors (Lipinski definition) is 2. The molecule has 2 N–H and O–H groups in total. The minimum atomic E-state index is -0.789. The monoisotopic (exact) mass is 463 g/mol. The van der Waals surface area contributed by atoms with Gasteiger partial charge in [-0.2, -0.15) is 0 Å². The fourth-order valence-electron chi connectivity index (χ4n) is 4.58. The SMILES string of the molecule is CCN1CCC(C)(c2ccc(Nc3nc(-c4c(F)cccc4F)nc4c3C(=O)NC4)cc2)C1=O. The minimum absolute atomic E-state index is 0.109. The number of hydrogen-bond acceptors (Lipinski definition) is 5. The fraction of sp³-hybridized carbons (Fsp3) is 0.280. The number of halogens is 2. The smallest absolute Gasteiger partial charge is 0.257 e. The maximum atomic E-state index is 14.4. The van der Waals surface area contributed by atoms with Crippen LogP contribution in [0.25, 0.3) is 11.4 Å². The number of nitrogens with zero attached hydrogens (tertiary/aromatic N) is 3. The van der Waals surface area contributed by atoms with Gasteiger partial charge in [0.1, 0.15) is 23.0 Å². The highest BCUT2D eigenvalue weighted by atomic mass is 19.1. The quantitative estimate of drug-likeness (QED) is 0.599. The molecular formula is C25H23F2N5O2. The Bertz CT molecular complexity index is 1290. The summed E-state index contributed by atoms with van der Waals surface area (Å²) in [4.78, 5) is 35.6. The first-order chi connectivity index (χ1) is 16.3. The Morgan fingerprint density at radius 3 is 2.41 bits per heavy atom. The van der Waals surface area contributed by atoms with E-state index in [0.717, 1.165) is 30.7 Å². The van der Waals surface area contributed by atoms with Gasteiger partial charge in [-0.3, -0.25) is 9.59 Å². The number of aromatic nitrogens is 2. The zero-order valence-electron chi connectivity index (χ0n) is 18.8. The van der Waals surface area contributed by atoms with Crippen LogP contribution in [-0.2, 0) is 16.8 Å². The summed E-state index contributed by atoms with van der Waals surface area (Å²) >= 11 is 0. The van der Waals surface area contributed by atoms with E-state index in [1.807, 2.05) is 30.9 Å². The molecule has 0 saturated carbocycles. The van der Waals surface area contributed by atoms with Crippen LogP contribution in [0, 0.1) is 11.6 Å². The van der Waals surface area contributed by atoms with E-state index in [4.69, 9.17) is 0 Å². The third-order valence-electron chi connectivity index (χ3n) is 6.62. The number of likely N-dealkylation sites (tertiary alicyclic amines) is 1. The van der Waals surface area contributed by atoms with Crippen LogP contribution in [0.1, 0.15) is 41.9 Å². The zero-order valence-corrected chi connectivity index (χ0v) is 18.8. The molecule has 2 amide bonds. The van der Waals surface area contributed by atoms with Crippen LogP contribution in [0.2, 0.25) is 0 Å². The zero-order chi connectivity index (χ0) is 24.0. The van der Waals surface area contributed by atoms with Gasteiger partial charge in [0, 0.05) is 18.8 Å². The maximum absolute atomic E-state index is 14.4. The third-order valence-corrected chi connectivity index (χ3v) is 6.62. The highest BCUT2D eigenvalue weighted by Gasteiger charge is 2.43. The van der Waals surface area contributed by atoms with Gasteiger partial charge in [-0.1, -0.05) is 18.2 Å². The van der Waals surface area contributed by atoms with Crippen molar-refractivity contribution in [1.29, 1.82) is 0 Å². The Morgan fingerprint density at radius 1 is 1.06 bits per heavy atom. The third kappa shape index (κ3) is 3.48. The Labute approximate surface area is 195 Å². The van der Waals surface area contributed by atoms with E-state index in [1.165, 1.54) is 6.07 Å². The van der Waals surface area contributed by atoms with Gasteiger partial charge in [0.25, 0.3) is 5.91 Å². The molecular weight excluding hydrogens is 440 g/mol. The number of carbonyl (C=O) groups is 2.